The van der Waals surface area contributed by atoms with Crippen LogP contribution in [0.25, 0.3) is 0 Å². The molecule has 0 aliphatic carbocycles. The number of carbonyl (C=O) groups is 1. The molecule has 1 atom stereocenters. The van der Waals surface area contributed by atoms with Gasteiger partial charge in [0.15, 0.2) is 6.10 Å². The summed E-state index contributed by atoms with van der Waals surface area (Å²) in [6, 6.07) is 0. The van der Waals surface area contributed by atoms with E-state index in [0.717, 1.165) is 19.3 Å². The van der Waals surface area contributed by atoms with E-state index in [0.29, 0.717) is 39.0 Å². The van der Waals surface area contributed by atoms with E-state index in [1.807, 2.05) is 0 Å². The number of β-amino-alcohol motifs (C(OH)–C–C–N with tert-alkyl or cyclic N) is 1. The zero-order chi connectivity index (χ0) is 17.1. The number of hydrogen-bond donors (Lipinski definition) is 2. The molecule has 1 spiro atoms. The van der Waals surface area contributed by atoms with Gasteiger partial charge in [-0.2, -0.15) is 13.2 Å². The highest BCUT2D eigenvalue weighted by Gasteiger charge is 2.43. The van der Waals surface area contributed by atoms with Crippen molar-refractivity contribution in [3.05, 3.63) is 0 Å². The fourth-order valence-electron chi connectivity index (χ4n) is 3.53. The highest BCUT2D eigenvalue weighted by atomic mass is 19.4. The lowest BCUT2D eigenvalue weighted by Gasteiger charge is -2.47. The fourth-order valence-corrected chi connectivity index (χ4v) is 3.53. The molecule has 134 valence electrons. The van der Waals surface area contributed by atoms with Crippen LogP contribution in [0.4, 0.5) is 13.2 Å². The molecule has 2 rings (SSSR count). The second-order valence-corrected chi connectivity index (χ2v) is 6.75. The second-order valence-electron chi connectivity index (χ2n) is 6.75. The summed E-state index contributed by atoms with van der Waals surface area (Å²) in [6.07, 6.45) is -3.61. The van der Waals surface area contributed by atoms with Crippen LogP contribution in [0.5, 0.6) is 0 Å². The number of hydrogen-bond acceptors (Lipinski definition) is 4. The zero-order valence-corrected chi connectivity index (χ0v) is 13.2. The molecule has 2 saturated heterocycles. The molecule has 2 aliphatic rings. The van der Waals surface area contributed by atoms with Crippen LogP contribution in [-0.2, 0) is 4.79 Å². The Morgan fingerprint density at radius 1 is 1.22 bits per heavy atom. The van der Waals surface area contributed by atoms with Gasteiger partial charge >= 0.3 is 6.18 Å². The molecule has 0 bridgehead atoms. The van der Waals surface area contributed by atoms with Gasteiger partial charge in [-0.1, -0.05) is 0 Å². The van der Waals surface area contributed by atoms with E-state index in [2.05, 4.69) is 0 Å². The van der Waals surface area contributed by atoms with Crippen molar-refractivity contribution in [2.75, 3.05) is 39.3 Å². The predicted octanol–water partition coefficient (Wildman–Crippen LogP) is 0.997. The van der Waals surface area contributed by atoms with E-state index in [1.54, 1.807) is 9.80 Å². The van der Waals surface area contributed by atoms with Gasteiger partial charge < -0.3 is 20.0 Å². The molecule has 0 aromatic heterocycles. The van der Waals surface area contributed by atoms with Crippen molar-refractivity contribution in [1.29, 1.82) is 0 Å². The topological polar surface area (TPSA) is 64.0 Å². The van der Waals surface area contributed by atoms with Crippen molar-refractivity contribution in [3.8, 4) is 0 Å². The minimum absolute atomic E-state index is 0.0248. The SMILES string of the molecule is O=C1CCC2(CCN(CC(O)C(F)(F)F)CC2)CN1CCCO. The highest BCUT2D eigenvalue weighted by Crippen LogP contribution is 2.40. The average molecular weight is 338 g/mol. The van der Waals surface area contributed by atoms with Gasteiger partial charge in [-0.3, -0.25) is 4.79 Å². The quantitative estimate of drug-likeness (QED) is 0.785. The third-order valence-corrected chi connectivity index (χ3v) is 5.06. The summed E-state index contributed by atoms with van der Waals surface area (Å²) in [5.74, 6) is 0.0963. The Bertz CT molecular complexity index is 409. The molecule has 2 fully saturated rings. The van der Waals surface area contributed by atoms with Gasteiger partial charge in [0.2, 0.25) is 5.91 Å². The Morgan fingerprint density at radius 2 is 1.87 bits per heavy atom. The van der Waals surface area contributed by atoms with Crippen LogP contribution in [0.15, 0.2) is 0 Å². The molecule has 2 N–H and O–H groups in total. The lowest BCUT2D eigenvalue weighted by atomic mass is 9.72. The smallest absolute Gasteiger partial charge is 0.396 e. The molecule has 23 heavy (non-hydrogen) atoms. The van der Waals surface area contributed by atoms with E-state index >= 15 is 0 Å². The van der Waals surface area contributed by atoms with Crippen LogP contribution in [0.1, 0.15) is 32.1 Å². The zero-order valence-electron chi connectivity index (χ0n) is 13.2. The Kier molecular flexibility index (Phi) is 5.91. The first-order valence-electron chi connectivity index (χ1n) is 8.11. The van der Waals surface area contributed by atoms with Gasteiger partial charge in [-0.15, -0.1) is 0 Å². The first-order chi connectivity index (χ1) is 10.8. The number of piperidine rings is 2. The van der Waals surface area contributed by atoms with Crippen molar-refractivity contribution in [3.63, 3.8) is 0 Å². The maximum atomic E-state index is 12.4. The summed E-state index contributed by atoms with van der Waals surface area (Å²) in [4.78, 5) is 15.4. The molecule has 5 nitrogen and oxygen atoms in total. The maximum Gasteiger partial charge on any atom is 0.415 e. The van der Waals surface area contributed by atoms with E-state index in [4.69, 9.17) is 5.11 Å². The lowest BCUT2D eigenvalue weighted by molar-refractivity contribution is -0.209. The van der Waals surface area contributed by atoms with Crippen LogP contribution in [0, 0.1) is 5.41 Å². The monoisotopic (exact) mass is 338 g/mol. The Balaban J connectivity index is 1.86. The van der Waals surface area contributed by atoms with Gasteiger partial charge in [0.1, 0.15) is 0 Å². The van der Waals surface area contributed by atoms with Gasteiger partial charge in [0.05, 0.1) is 0 Å². The predicted molar refractivity (Wildman–Crippen MR) is 77.7 cm³/mol. The third-order valence-electron chi connectivity index (χ3n) is 5.06. The Morgan fingerprint density at radius 3 is 2.43 bits per heavy atom. The number of likely N-dealkylation sites (tertiary alicyclic amines) is 2. The van der Waals surface area contributed by atoms with E-state index in [1.165, 1.54) is 0 Å². The Hall–Kier alpha value is -0.860. The number of rotatable bonds is 5. The molecule has 2 heterocycles. The number of aliphatic hydroxyl groups is 2. The van der Waals surface area contributed by atoms with Crippen LogP contribution >= 0.6 is 0 Å². The molecule has 0 saturated carbocycles. The second kappa shape index (κ2) is 7.36. The van der Waals surface area contributed by atoms with E-state index < -0.39 is 12.3 Å². The van der Waals surface area contributed by atoms with Gasteiger partial charge in [-0.25, -0.2) is 0 Å². The molecule has 2 aliphatic heterocycles. The number of halogens is 3. The van der Waals surface area contributed by atoms with Crippen molar-refractivity contribution < 1.29 is 28.2 Å². The molecule has 0 radical (unpaired) electrons. The molecular formula is C15H25F3N2O3. The van der Waals surface area contributed by atoms with Crippen LogP contribution in [-0.4, -0.2) is 77.5 Å². The normalized spacial score (nSPS) is 24.2. The lowest BCUT2D eigenvalue weighted by Crippen LogP contribution is -2.53. The molecule has 0 aromatic rings. The summed E-state index contributed by atoms with van der Waals surface area (Å²) >= 11 is 0. The van der Waals surface area contributed by atoms with Crippen LogP contribution in [0.2, 0.25) is 0 Å². The largest absolute Gasteiger partial charge is 0.415 e. The fraction of sp³-hybridized carbons (Fsp3) is 0.933. The molecule has 1 amide bonds. The summed E-state index contributed by atoms with van der Waals surface area (Å²) in [5, 5.41) is 18.1. The van der Waals surface area contributed by atoms with Gasteiger partial charge in [-0.05, 0) is 44.2 Å². The molecule has 0 aromatic carbocycles. The van der Waals surface area contributed by atoms with Crippen molar-refractivity contribution >= 4 is 5.91 Å². The van der Waals surface area contributed by atoms with Gasteiger partial charge in [0.25, 0.3) is 0 Å². The summed E-state index contributed by atoms with van der Waals surface area (Å²) in [5.41, 5.74) is -0.0248. The summed E-state index contributed by atoms with van der Waals surface area (Å²) in [7, 11) is 0. The standard InChI is InChI=1S/C15H25F3N2O3/c16-15(17,18)12(22)10-19-7-4-14(5-8-19)3-2-13(23)20(11-14)6-1-9-21/h12,21-22H,1-11H2. The van der Waals surface area contributed by atoms with Crippen molar-refractivity contribution in [2.24, 2.45) is 5.41 Å². The number of aliphatic hydroxyl groups excluding tert-OH is 2. The first kappa shape index (κ1) is 18.5. The number of nitrogens with zero attached hydrogens (tertiary/aromatic N) is 2. The molecule has 8 heteroatoms. The van der Waals surface area contributed by atoms with E-state index in [-0.39, 0.29) is 24.5 Å². The summed E-state index contributed by atoms with van der Waals surface area (Å²) < 4.78 is 37.3. The highest BCUT2D eigenvalue weighted by molar-refractivity contribution is 5.77. The molecule has 1 unspecified atom stereocenters. The minimum Gasteiger partial charge on any atom is -0.396 e. The minimum atomic E-state index is -4.58. The van der Waals surface area contributed by atoms with E-state index in [9.17, 15) is 23.1 Å². The third kappa shape index (κ3) is 4.81. The van der Waals surface area contributed by atoms with Crippen LogP contribution < -0.4 is 0 Å². The number of carbonyl (C=O) groups excluding carboxylic acids is 1. The van der Waals surface area contributed by atoms with Crippen LogP contribution in [0.3, 0.4) is 0 Å². The Labute approximate surface area is 134 Å². The van der Waals surface area contributed by atoms with Crippen molar-refractivity contribution in [1.82, 2.24) is 9.80 Å². The van der Waals surface area contributed by atoms with Gasteiger partial charge in [0, 0.05) is 32.7 Å². The molecular weight excluding hydrogens is 313 g/mol. The summed E-state index contributed by atoms with van der Waals surface area (Å²) in [6.45, 7) is 1.84. The number of alkyl halides is 3. The average Bonchev–Trinajstić information content (AvgIpc) is 2.50. The first-order valence-corrected chi connectivity index (χ1v) is 8.11. The maximum absolute atomic E-state index is 12.4. The number of amides is 1. The van der Waals surface area contributed by atoms with Crippen molar-refractivity contribution in [2.45, 2.75) is 44.4 Å².